The fraction of sp³-hybridized carbons (Fsp3) is 0.538. The topological polar surface area (TPSA) is 20.2 Å². The molecule has 0 radical (unpaired) electrons. The van der Waals surface area contributed by atoms with Gasteiger partial charge in [-0.3, -0.25) is 0 Å². The molecule has 0 saturated carbocycles. The smallest absolute Gasteiger partial charge is 0.388 e. The molecule has 0 spiro atoms. The molecule has 1 aromatic rings. The van der Waals surface area contributed by atoms with Gasteiger partial charge in [0, 0.05) is 0 Å². The monoisotopic (exact) mass is 354 g/mol. The standard InChI is InChI=1S/C13H11F9O/c1-5(2)10(23)6-3-4-7(11(14,15)16)9(13(20,21)22)8(6)12(17,18)19/h3-5,10,23H,1-2H3. The maximum absolute atomic E-state index is 13.1. The highest BCUT2D eigenvalue weighted by atomic mass is 19.4. The maximum Gasteiger partial charge on any atom is 0.417 e. The third-order valence-corrected chi connectivity index (χ3v) is 3.06. The van der Waals surface area contributed by atoms with Crippen LogP contribution < -0.4 is 0 Å². The van der Waals surface area contributed by atoms with Crippen LogP contribution in [0.5, 0.6) is 0 Å². The zero-order chi connectivity index (χ0) is 18.4. The van der Waals surface area contributed by atoms with Crippen LogP contribution >= 0.6 is 0 Å². The Morgan fingerprint density at radius 2 is 1.17 bits per heavy atom. The molecule has 23 heavy (non-hydrogen) atoms. The van der Waals surface area contributed by atoms with Gasteiger partial charge in [-0.05, 0) is 17.5 Å². The van der Waals surface area contributed by atoms with Gasteiger partial charge in [0.25, 0.3) is 0 Å². The lowest BCUT2D eigenvalue weighted by molar-refractivity contribution is -0.175. The molecule has 0 aliphatic carbocycles. The van der Waals surface area contributed by atoms with E-state index in [4.69, 9.17) is 0 Å². The Morgan fingerprint density at radius 3 is 1.48 bits per heavy atom. The number of hydrogen-bond acceptors (Lipinski definition) is 1. The second-order valence-electron chi connectivity index (χ2n) is 5.13. The molecular weight excluding hydrogens is 343 g/mol. The van der Waals surface area contributed by atoms with Crippen LogP contribution in [0.25, 0.3) is 0 Å². The Bertz CT molecular complexity index is 567. The lowest BCUT2D eigenvalue weighted by Gasteiger charge is -2.26. The van der Waals surface area contributed by atoms with E-state index in [2.05, 4.69) is 0 Å². The SMILES string of the molecule is CC(C)C(O)c1ccc(C(F)(F)F)c(C(F)(F)F)c1C(F)(F)F. The van der Waals surface area contributed by atoms with Gasteiger partial charge in [0.05, 0.1) is 22.8 Å². The average Bonchev–Trinajstić information content (AvgIpc) is 2.32. The predicted molar refractivity (Wildman–Crippen MR) is 61.2 cm³/mol. The third-order valence-electron chi connectivity index (χ3n) is 3.06. The van der Waals surface area contributed by atoms with E-state index in [0.29, 0.717) is 0 Å². The van der Waals surface area contributed by atoms with Crippen LogP contribution in [-0.4, -0.2) is 5.11 Å². The van der Waals surface area contributed by atoms with E-state index in [1.165, 1.54) is 13.8 Å². The minimum absolute atomic E-state index is 0.0982. The molecule has 1 rings (SSSR count). The molecule has 0 heterocycles. The zero-order valence-corrected chi connectivity index (χ0v) is 11.7. The molecule has 0 aliphatic heterocycles. The second-order valence-corrected chi connectivity index (χ2v) is 5.13. The Kier molecular flexibility index (Phi) is 5.01. The molecule has 0 aromatic heterocycles. The molecule has 0 saturated heterocycles. The summed E-state index contributed by atoms with van der Waals surface area (Å²) in [4.78, 5) is 0. The number of aliphatic hydroxyl groups excluding tert-OH is 1. The highest BCUT2D eigenvalue weighted by molar-refractivity contribution is 5.47. The summed E-state index contributed by atoms with van der Waals surface area (Å²) in [7, 11) is 0. The number of benzene rings is 1. The van der Waals surface area contributed by atoms with Gasteiger partial charge in [-0.25, -0.2) is 0 Å². The van der Waals surface area contributed by atoms with E-state index >= 15 is 0 Å². The zero-order valence-electron chi connectivity index (χ0n) is 11.7. The Balaban J connectivity index is 3.94. The normalized spacial score (nSPS) is 15.2. The molecule has 1 atom stereocenters. The van der Waals surface area contributed by atoms with Crippen LogP contribution in [0.3, 0.4) is 0 Å². The van der Waals surface area contributed by atoms with Gasteiger partial charge in [-0.2, -0.15) is 39.5 Å². The molecule has 0 aliphatic rings. The summed E-state index contributed by atoms with van der Waals surface area (Å²) in [6.07, 6.45) is -19.3. The van der Waals surface area contributed by atoms with Crippen molar-refractivity contribution < 1.29 is 44.6 Å². The van der Waals surface area contributed by atoms with Crippen molar-refractivity contribution in [1.82, 2.24) is 0 Å². The van der Waals surface area contributed by atoms with Crippen LogP contribution in [0.15, 0.2) is 12.1 Å². The minimum Gasteiger partial charge on any atom is -0.388 e. The summed E-state index contributed by atoms with van der Waals surface area (Å²) in [6.45, 7) is 2.44. The summed E-state index contributed by atoms with van der Waals surface area (Å²) in [5.74, 6) is -0.936. The first-order valence-corrected chi connectivity index (χ1v) is 6.15. The summed E-state index contributed by atoms with van der Waals surface area (Å²) < 4.78 is 116. The van der Waals surface area contributed by atoms with Crippen LogP contribution in [0, 0.1) is 5.92 Å². The van der Waals surface area contributed by atoms with Crippen LogP contribution in [0.2, 0.25) is 0 Å². The Labute approximate surface area is 124 Å². The first-order valence-electron chi connectivity index (χ1n) is 6.15. The summed E-state index contributed by atoms with van der Waals surface area (Å²) in [5.41, 5.74) is -9.04. The van der Waals surface area contributed by atoms with Crippen molar-refractivity contribution in [1.29, 1.82) is 0 Å². The molecule has 1 N–H and O–H groups in total. The third kappa shape index (κ3) is 4.10. The summed E-state index contributed by atoms with van der Waals surface area (Å²) in [5, 5.41) is 9.68. The van der Waals surface area contributed by atoms with Crippen molar-refractivity contribution >= 4 is 0 Å². The van der Waals surface area contributed by atoms with E-state index in [0.717, 1.165) is 0 Å². The summed E-state index contributed by atoms with van der Waals surface area (Å²) >= 11 is 0. The van der Waals surface area contributed by atoms with Crippen molar-refractivity contribution in [3.8, 4) is 0 Å². The van der Waals surface area contributed by atoms with Crippen molar-refractivity contribution in [3.63, 3.8) is 0 Å². The van der Waals surface area contributed by atoms with Crippen molar-refractivity contribution in [2.24, 2.45) is 5.92 Å². The van der Waals surface area contributed by atoms with Crippen molar-refractivity contribution in [2.45, 2.75) is 38.5 Å². The molecule has 0 bridgehead atoms. The van der Waals surface area contributed by atoms with Crippen molar-refractivity contribution in [3.05, 3.63) is 34.4 Å². The first-order chi connectivity index (χ1) is 10.1. The molecule has 1 aromatic carbocycles. The second kappa shape index (κ2) is 5.88. The molecule has 1 nitrogen and oxygen atoms in total. The van der Waals surface area contributed by atoms with E-state index in [-0.39, 0.29) is 12.1 Å². The number of aliphatic hydroxyl groups is 1. The molecular formula is C13H11F9O. The fourth-order valence-electron chi connectivity index (χ4n) is 2.06. The molecule has 0 amide bonds. The van der Waals surface area contributed by atoms with Gasteiger partial charge in [0.15, 0.2) is 0 Å². The largest absolute Gasteiger partial charge is 0.417 e. The quantitative estimate of drug-likeness (QED) is 0.702. The highest BCUT2D eigenvalue weighted by Gasteiger charge is 2.51. The van der Waals surface area contributed by atoms with Gasteiger partial charge in [0.1, 0.15) is 0 Å². The van der Waals surface area contributed by atoms with Gasteiger partial charge < -0.3 is 5.11 Å². The van der Waals surface area contributed by atoms with E-state index < -0.39 is 52.8 Å². The van der Waals surface area contributed by atoms with Gasteiger partial charge in [-0.15, -0.1) is 0 Å². The molecule has 10 heteroatoms. The van der Waals surface area contributed by atoms with E-state index in [1.807, 2.05) is 0 Å². The van der Waals surface area contributed by atoms with Gasteiger partial charge in [0.2, 0.25) is 0 Å². The van der Waals surface area contributed by atoms with Crippen LogP contribution in [0.1, 0.15) is 42.2 Å². The van der Waals surface area contributed by atoms with Crippen LogP contribution in [0.4, 0.5) is 39.5 Å². The first kappa shape index (κ1) is 19.6. The highest BCUT2D eigenvalue weighted by Crippen LogP contribution is 2.49. The Hall–Kier alpha value is -1.45. The lowest BCUT2D eigenvalue weighted by atomic mass is 9.88. The van der Waals surface area contributed by atoms with Crippen LogP contribution in [-0.2, 0) is 18.5 Å². The van der Waals surface area contributed by atoms with Gasteiger partial charge in [-0.1, -0.05) is 19.9 Å². The Morgan fingerprint density at radius 1 is 0.739 bits per heavy atom. The molecule has 0 fully saturated rings. The minimum atomic E-state index is -5.90. The summed E-state index contributed by atoms with van der Waals surface area (Å²) in [6, 6.07) is 0.130. The van der Waals surface area contributed by atoms with Gasteiger partial charge >= 0.3 is 18.5 Å². The fourth-order valence-corrected chi connectivity index (χ4v) is 2.06. The molecule has 1 unspecified atom stereocenters. The average molecular weight is 354 g/mol. The lowest BCUT2D eigenvalue weighted by Crippen LogP contribution is -2.26. The number of rotatable bonds is 2. The number of hydrogen-bond donors (Lipinski definition) is 1. The van der Waals surface area contributed by atoms with E-state index in [1.54, 1.807) is 0 Å². The number of alkyl halides is 9. The molecule has 132 valence electrons. The van der Waals surface area contributed by atoms with Crippen molar-refractivity contribution in [2.75, 3.05) is 0 Å². The predicted octanol–water partition coefficient (Wildman–Crippen LogP) is 5.43. The number of halogens is 9. The maximum atomic E-state index is 13.1. The van der Waals surface area contributed by atoms with E-state index in [9.17, 15) is 44.6 Å².